The Morgan fingerprint density at radius 2 is 1.85 bits per heavy atom. The number of rotatable bonds is 5. The fraction of sp³-hybridized carbons (Fsp3) is 0.105. The monoisotopic (exact) mass is 364 g/mol. The van der Waals surface area contributed by atoms with E-state index in [1.54, 1.807) is 59.3 Å². The Labute approximate surface area is 153 Å². The standard InChI is InChI=1S/C19H15N3O3S/c1-13(23)15-6-8-18(9-7-15)22-19(10-17(11-20)21-22)16-4-2-14(3-5-16)12-26(24)25/h2-10H,12H2,1H3,(H,24,25)/p-1. The first-order valence-corrected chi connectivity index (χ1v) is 8.99. The van der Waals surface area contributed by atoms with Gasteiger partial charge in [0.15, 0.2) is 11.5 Å². The van der Waals surface area contributed by atoms with Crippen molar-refractivity contribution in [3.63, 3.8) is 0 Å². The van der Waals surface area contributed by atoms with E-state index >= 15 is 0 Å². The van der Waals surface area contributed by atoms with Crippen molar-refractivity contribution in [2.45, 2.75) is 12.7 Å². The average molecular weight is 364 g/mol. The maximum atomic E-state index is 11.4. The molecule has 0 amide bonds. The Kier molecular flexibility index (Phi) is 5.07. The second-order valence-corrected chi connectivity index (χ2v) is 6.58. The minimum absolute atomic E-state index is 0.0266. The smallest absolute Gasteiger partial charge is 0.163 e. The van der Waals surface area contributed by atoms with Crippen LogP contribution in [0.25, 0.3) is 16.9 Å². The SMILES string of the molecule is CC(=O)c1ccc(-n2nc(C#N)cc2-c2ccc(CS(=O)[O-])cc2)cc1. The molecule has 1 heterocycles. The molecular weight excluding hydrogens is 350 g/mol. The number of ketones is 1. The molecule has 0 fully saturated rings. The Bertz CT molecular complexity index is 1020. The number of benzene rings is 2. The fourth-order valence-corrected chi connectivity index (χ4v) is 3.05. The maximum absolute atomic E-state index is 11.4. The van der Waals surface area contributed by atoms with Crippen LogP contribution in [0.1, 0.15) is 28.5 Å². The highest BCUT2D eigenvalue weighted by Gasteiger charge is 2.12. The zero-order valence-corrected chi connectivity index (χ0v) is 14.7. The van der Waals surface area contributed by atoms with E-state index in [0.29, 0.717) is 16.8 Å². The van der Waals surface area contributed by atoms with Gasteiger partial charge in [-0.25, -0.2) is 4.68 Å². The third kappa shape index (κ3) is 3.77. The summed E-state index contributed by atoms with van der Waals surface area (Å²) in [5.41, 5.74) is 3.76. The number of aromatic nitrogens is 2. The lowest BCUT2D eigenvalue weighted by Gasteiger charge is -2.09. The van der Waals surface area contributed by atoms with Crippen molar-refractivity contribution in [1.82, 2.24) is 9.78 Å². The van der Waals surface area contributed by atoms with Crippen molar-refractivity contribution in [2.24, 2.45) is 0 Å². The lowest BCUT2D eigenvalue weighted by Crippen LogP contribution is -2.01. The van der Waals surface area contributed by atoms with E-state index in [1.807, 2.05) is 6.07 Å². The van der Waals surface area contributed by atoms with Crippen molar-refractivity contribution >= 4 is 16.9 Å². The summed E-state index contributed by atoms with van der Waals surface area (Å²) in [5.74, 6) is -0.0727. The third-order valence-corrected chi connectivity index (χ3v) is 4.45. The van der Waals surface area contributed by atoms with Crippen LogP contribution in [0.15, 0.2) is 54.6 Å². The van der Waals surface area contributed by atoms with Crippen LogP contribution < -0.4 is 0 Å². The van der Waals surface area contributed by atoms with Gasteiger partial charge in [0.05, 0.1) is 11.4 Å². The number of nitriles is 1. The van der Waals surface area contributed by atoms with E-state index < -0.39 is 11.1 Å². The van der Waals surface area contributed by atoms with Crippen LogP contribution in [0.2, 0.25) is 0 Å². The first kappa shape index (κ1) is 17.7. The zero-order chi connectivity index (χ0) is 18.7. The summed E-state index contributed by atoms with van der Waals surface area (Å²) in [6, 6.07) is 17.7. The molecule has 3 aromatic rings. The van der Waals surface area contributed by atoms with E-state index in [-0.39, 0.29) is 17.2 Å². The summed E-state index contributed by atoms with van der Waals surface area (Å²) >= 11 is -2.14. The van der Waals surface area contributed by atoms with Gasteiger partial charge in [-0.15, -0.1) is 0 Å². The van der Waals surface area contributed by atoms with Gasteiger partial charge in [-0.2, -0.15) is 10.4 Å². The van der Waals surface area contributed by atoms with Gasteiger partial charge in [0.25, 0.3) is 0 Å². The van der Waals surface area contributed by atoms with Crippen LogP contribution in [-0.2, 0) is 16.8 Å². The minimum Gasteiger partial charge on any atom is -0.772 e. The predicted octanol–water partition coefficient (Wildman–Crippen LogP) is 2.99. The van der Waals surface area contributed by atoms with Crippen LogP contribution in [0.4, 0.5) is 0 Å². The Morgan fingerprint density at radius 1 is 1.19 bits per heavy atom. The number of nitrogens with zero attached hydrogens (tertiary/aromatic N) is 3. The molecule has 3 rings (SSSR count). The van der Waals surface area contributed by atoms with Crippen LogP contribution >= 0.6 is 0 Å². The highest BCUT2D eigenvalue weighted by molar-refractivity contribution is 7.78. The zero-order valence-electron chi connectivity index (χ0n) is 13.9. The van der Waals surface area contributed by atoms with Crippen molar-refractivity contribution < 1.29 is 13.6 Å². The number of hydrogen-bond acceptors (Lipinski definition) is 5. The molecule has 0 aliphatic heterocycles. The normalized spacial score (nSPS) is 11.7. The van der Waals surface area contributed by atoms with Gasteiger partial charge < -0.3 is 4.55 Å². The topological polar surface area (TPSA) is 98.8 Å². The van der Waals surface area contributed by atoms with Crippen molar-refractivity contribution in [3.05, 3.63) is 71.4 Å². The van der Waals surface area contributed by atoms with Gasteiger partial charge in [0, 0.05) is 22.9 Å². The van der Waals surface area contributed by atoms with Crippen LogP contribution in [0.5, 0.6) is 0 Å². The molecule has 0 aliphatic rings. The van der Waals surface area contributed by atoms with E-state index in [4.69, 9.17) is 0 Å². The molecule has 7 heteroatoms. The molecule has 130 valence electrons. The lowest BCUT2D eigenvalue weighted by atomic mass is 10.1. The molecule has 0 radical (unpaired) electrons. The van der Waals surface area contributed by atoms with Crippen LogP contribution in [0.3, 0.4) is 0 Å². The first-order valence-electron chi connectivity index (χ1n) is 7.74. The van der Waals surface area contributed by atoms with E-state index in [1.165, 1.54) is 6.92 Å². The van der Waals surface area contributed by atoms with Gasteiger partial charge in [0.1, 0.15) is 6.07 Å². The highest BCUT2D eigenvalue weighted by Crippen LogP contribution is 2.25. The van der Waals surface area contributed by atoms with Crippen molar-refractivity contribution in [3.8, 4) is 23.0 Å². The Balaban J connectivity index is 2.02. The molecular formula is C19H14N3O3S-. The summed E-state index contributed by atoms with van der Waals surface area (Å²) < 4.78 is 23.2. The average Bonchev–Trinajstić information content (AvgIpc) is 3.06. The second-order valence-electron chi connectivity index (χ2n) is 5.69. The van der Waals surface area contributed by atoms with Gasteiger partial charge >= 0.3 is 0 Å². The van der Waals surface area contributed by atoms with Crippen LogP contribution in [-0.4, -0.2) is 24.3 Å². The molecule has 26 heavy (non-hydrogen) atoms. The summed E-state index contributed by atoms with van der Waals surface area (Å²) in [6.45, 7) is 1.50. The summed E-state index contributed by atoms with van der Waals surface area (Å²) in [4.78, 5) is 11.4. The minimum atomic E-state index is -2.14. The molecule has 1 atom stereocenters. The molecule has 2 aromatic carbocycles. The largest absolute Gasteiger partial charge is 0.772 e. The number of Topliss-reactive ketones (excluding diaryl/α,β-unsaturated/α-hetero) is 1. The maximum Gasteiger partial charge on any atom is 0.163 e. The molecule has 1 unspecified atom stereocenters. The van der Waals surface area contributed by atoms with E-state index in [2.05, 4.69) is 5.10 Å². The van der Waals surface area contributed by atoms with E-state index in [9.17, 15) is 18.8 Å². The predicted molar refractivity (Wildman–Crippen MR) is 96.3 cm³/mol. The van der Waals surface area contributed by atoms with Crippen LogP contribution in [0, 0.1) is 11.3 Å². The van der Waals surface area contributed by atoms with Gasteiger partial charge in [0.2, 0.25) is 0 Å². The molecule has 0 aliphatic carbocycles. The Morgan fingerprint density at radius 3 is 2.38 bits per heavy atom. The quantitative estimate of drug-likeness (QED) is 0.512. The lowest BCUT2D eigenvalue weighted by molar-refractivity contribution is 0.101. The molecule has 0 saturated heterocycles. The number of carbonyl (C=O) groups excluding carboxylic acids is 1. The second kappa shape index (κ2) is 7.44. The molecule has 0 saturated carbocycles. The summed E-state index contributed by atoms with van der Waals surface area (Å²) in [5, 5.41) is 13.5. The third-order valence-electron chi connectivity index (χ3n) is 3.88. The molecule has 6 nitrogen and oxygen atoms in total. The van der Waals surface area contributed by atoms with E-state index in [0.717, 1.165) is 11.3 Å². The van der Waals surface area contributed by atoms with Gasteiger partial charge in [-0.1, -0.05) is 35.3 Å². The Hall–Kier alpha value is -3.08. The van der Waals surface area contributed by atoms with Crippen molar-refractivity contribution in [1.29, 1.82) is 5.26 Å². The highest BCUT2D eigenvalue weighted by atomic mass is 32.2. The summed E-state index contributed by atoms with van der Waals surface area (Å²) in [7, 11) is 0. The molecule has 0 spiro atoms. The van der Waals surface area contributed by atoms with Gasteiger partial charge in [-0.05, 0) is 36.8 Å². The van der Waals surface area contributed by atoms with Crippen molar-refractivity contribution in [2.75, 3.05) is 0 Å². The summed E-state index contributed by atoms with van der Waals surface area (Å²) in [6.07, 6.45) is 0. The molecule has 1 aromatic heterocycles. The first-order chi connectivity index (χ1) is 12.5. The number of carbonyl (C=O) groups is 1. The fourth-order valence-electron chi connectivity index (χ4n) is 2.58. The molecule has 0 N–H and O–H groups in total. The molecule has 0 bridgehead atoms. The van der Waals surface area contributed by atoms with Gasteiger partial charge in [-0.3, -0.25) is 9.00 Å². The number of hydrogen-bond donors (Lipinski definition) is 0.